The highest BCUT2D eigenvalue weighted by molar-refractivity contribution is 6.01. The van der Waals surface area contributed by atoms with E-state index < -0.39 is 11.9 Å². The second kappa shape index (κ2) is 5.26. The van der Waals surface area contributed by atoms with Crippen molar-refractivity contribution >= 4 is 17.5 Å². The number of hydrogen-bond donors (Lipinski definition) is 2. The Morgan fingerprint density at radius 1 is 1.47 bits per heavy atom. The van der Waals surface area contributed by atoms with Crippen molar-refractivity contribution in [2.75, 3.05) is 19.3 Å². The number of anilines is 1. The summed E-state index contributed by atoms with van der Waals surface area (Å²) in [6, 6.07) is 3.18. The molecule has 1 aliphatic heterocycles. The summed E-state index contributed by atoms with van der Waals surface area (Å²) in [5.41, 5.74) is 5.98. The molecule has 102 valence electrons. The highest BCUT2D eigenvalue weighted by Crippen LogP contribution is 2.23. The smallest absolute Gasteiger partial charge is 0.256 e. The number of nitrogen functional groups attached to an aromatic ring is 1. The number of likely N-dealkylation sites (N-methyl/N-ethyl adjacent to an activating group) is 1. The predicted octanol–water partition coefficient (Wildman–Crippen LogP) is 0.758. The summed E-state index contributed by atoms with van der Waals surface area (Å²) in [5.74, 6) is -1.01. The molecule has 5 nitrogen and oxygen atoms in total. The molecule has 2 amide bonds. The van der Waals surface area contributed by atoms with Crippen molar-refractivity contribution in [3.63, 3.8) is 0 Å². The molecule has 1 fully saturated rings. The number of nitrogens with one attached hydrogen (secondary N) is 1. The minimum absolute atomic E-state index is 0.0903. The van der Waals surface area contributed by atoms with Gasteiger partial charge in [-0.25, -0.2) is 4.39 Å². The molecular formula is C13H16FN3O2. The first-order valence-corrected chi connectivity index (χ1v) is 6.12. The number of likely N-dealkylation sites (tertiary alicyclic amines) is 1. The zero-order valence-corrected chi connectivity index (χ0v) is 10.6. The van der Waals surface area contributed by atoms with E-state index in [2.05, 4.69) is 5.32 Å². The maximum atomic E-state index is 13.0. The zero-order valence-electron chi connectivity index (χ0n) is 10.6. The number of nitrogens with two attached hydrogens (primary N) is 1. The third kappa shape index (κ3) is 2.52. The molecule has 1 heterocycles. The summed E-state index contributed by atoms with van der Waals surface area (Å²) < 4.78 is 13.0. The van der Waals surface area contributed by atoms with Crippen molar-refractivity contribution in [2.45, 2.75) is 18.9 Å². The van der Waals surface area contributed by atoms with Gasteiger partial charge in [0.2, 0.25) is 5.91 Å². The van der Waals surface area contributed by atoms with Crippen LogP contribution in [-0.2, 0) is 4.79 Å². The Labute approximate surface area is 110 Å². The standard InChI is InChI=1S/C13H16FN3O2/c1-16-12(18)11-3-2-6-17(11)13(19)9-5-4-8(14)7-10(9)15/h4-5,7,11H,2-3,6,15H2,1H3,(H,16,18). The normalized spacial score (nSPS) is 18.4. The van der Waals surface area contributed by atoms with Crippen LogP contribution < -0.4 is 11.1 Å². The minimum Gasteiger partial charge on any atom is -0.398 e. The second-order valence-electron chi connectivity index (χ2n) is 4.50. The fourth-order valence-electron chi connectivity index (χ4n) is 2.33. The summed E-state index contributed by atoms with van der Waals surface area (Å²) in [6.07, 6.45) is 1.40. The van der Waals surface area contributed by atoms with Gasteiger partial charge in [-0.15, -0.1) is 0 Å². The Balaban J connectivity index is 2.25. The molecule has 1 aromatic rings. The van der Waals surface area contributed by atoms with Crippen LogP contribution in [-0.4, -0.2) is 36.3 Å². The van der Waals surface area contributed by atoms with Crippen LogP contribution in [0.15, 0.2) is 18.2 Å². The molecule has 1 atom stereocenters. The summed E-state index contributed by atoms with van der Waals surface area (Å²) in [5, 5.41) is 2.54. The first-order chi connectivity index (χ1) is 9.04. The molecular weight excluding hydrogens is 249 g/mol. The molecule has 19 heavy (non-hydrogen) atoms. The van der Waals surface area contributed by atoms with Gasteiger partial charge in [0, 0.05) is 19.3 Å². The van der Waals surface area contributed by atoms with Crippen molar-refractivity contribution in [1.82, 2.24) is 10.2 Å². The molecule has 3 N–H and O–H groups in total. The predicted molar refractivity (Wildman–Crippen MR) is 68.9 cm³/mol. The summed E-state index contributed by atoms with van der Waals surface area (Å²) >= 11 is 0. The van der Waals surface area contributed by atoms with Gasteiger partial charge in [-0.05, 0) is 31.0 Å². The van der Waals surface area contributed by atoms with E-state index >= 15 is 0 Å². The lowest BCUT2D eigenvalue weighted by Crippen LogP contribution is -2.45. The third-order valence-corrected chi connectivity index (χ3v) is 3.31. The van der Waals surface area contributed by atoms with E-state index in [1.54, 1.807) is 0 Å². The van der Waals surface area contributed by atoms with Crippen molar-refractivity contribution in [2.24, 2.45) is 0 Å². The van der Waals surface area contributed by atoms with Crippen LogP contribution in [0.3, 0.4) is 0 Å². The molecule has 0 aliphatic carbocycles. The monoisotopic (exact) mass is 265 g/mol. The number of nitrogens with zero attached hydrogens (tertiary/aromatic N) is 1. The topological polar surface area (TPSA) is 75.4 Å². The van der Waals surface area contributed by atoms with E-state index in [9.17, 15) is 14.0 Å². The molecule has 1 saturated heterocycles. The Bertz CT molecular complexity index is 519. The lowest BCUT2D eigenvalue weighted by atomic mass is 10.1. The maximum Gasteiger partial charge on any atom is 0.256 e. The van der Waals surface area contributed by atoms with Crippen LogP contribution >= 0.6 is 0 Å². The highest BCUT2D eigenvalue weighted by Gasteiger charge is 2.34. The molecule has 1 aromatic carbocycles. The SMILES string of the molecule is CNC(=O)C1CCCN1C(=O)c1ccc(F)cc1N. The minimum atomic E-state index is -0.488. The largest absolute Gasteiger partial charge is 0.398 e. The number of carbonyl (C=O) groups is 2. The van der Waals surface area contributed by atoms with Crippen LogP contribution in [0.1, 0.15) is 23.2 Å². The quantitative estimate of drug-likeness (QED) is 0.775. The summed E-state index contributed by atoms with van der Waals surface area (Å²) in [7, 11) is 1.54. The van der Waals surface area contributed by atoms with Crippen LogP contribution in [0.4, 0.5) is 10.1 Å². The van der Waals surface area contributed by atoms with Gasteiger partial charge in [0.05, 0.1) is 5.56 Å². The Hall–Kier alpha value is -2.11. The maximum absolute atomic E-state index is 13.0. The van der Waals surface area contributed by atoms with E-state index in [0.717, 1.165) is 12.5 Å². The van der Waals surface area contributed by atoms with E-state index in [1.807, 2.05) is 0 Å². The van der Waals surface area contributed by atoms with Crippen LogP contribution in [0, 0.1) is 5.82 Å². The van der Waals surface area contributed by atoms with Gasteiger partial charge in [0.15, 0.2) is 0 Å². The zero-order chi connectivity index (χ0) is 14.0. The Morgan fingerprint density at radius 2 is 2.21 bits per heavy atom. The molecule has 0 saturated carbocycles. The average Bonchev–Trinajstić information content (AvgIpc) is 2.86. The number of hydrogen-bond acceptors (Lipinski definition) is 3. The average molecular weight is 265 g/mol. The molecule has 2 rings (SSSR count). The lowest BCUT2D eigenvalue weighted by Gasteiger charge is -2.23. The Kier molecular flexibility index (Phi) is 3.69. The van der Waals surface area contributed by atoms with Crippen molar-refractivity contribution in [3.8, 4) is 0 Å². The van der Waals surface area contributed by atoms with Gasteiger partial charge >= 0.3 is 0 Å². The molecule has 0 aromatic heterocycles. The second-order valence-corrected chi connectivity index (χ2v) is 4.50. The summed E-state index contributed by atoms with van der Waals surface area (Å²) in [4.78, 5) is 25.5. The number of rotatable bonds is 2. The van der Waals surface area contributed by atoms with E-state index in [4.69, 9.17) is 5.73 Å². The number of carbonyl (C=O) groups excluding carboxylic acids is 2. The Morgan fingerprint density at radius 3 is 2.84 bits per heavy atom. The van der Waals surface area contributed by atoms with Crippen LogP contribution in [0.2, 0.25) is 0 Å². The number of benzene rings is 1. The number of amides is 2. The van der Waals surface area contributed by atoms with Gasteiger partial charge in [-0.3, -0.25) is 9.59 Å². The first kappa shape index (κ1) is 13.3. The molecule has 0 bridgehead atoms. The fourth-order valence-corrected chi connectivity index (χ4v) is 2.33. The van der Waals surface area contributed by atoms with Gasteiger partial charge in [-0.2, -0.15) is 0 Å². The highest BCUT2D eigenvalue weighted by atomic mass is 19.1. The number of halogens is 1. The van der Waals surface area contributed by atoms with E-state index in [1.165, 1.54) is 24.1 Å². The third-order valence-electron chi connectivity index (χ3n) is 3.31. The molecule has 1 aliphatic rings. The first-order valence-electron chi connectivity index (χ1n) is 6.12. The molecule has 0 radical (unpaired) electrons. The lowest BCUT2D eigenvalue weighted by molar-refractivity contribution is -0.124. The van der Waals surface area contributed by atoms with Gasteiger partial charge in [-0.1, -0.05) is 0 Å². The van der Waals surface area contributed by atoms with Crippen LogP contribution in [0.25, 0.3) is 0 Å². The van der Waals surface area contributed by atoms with Crippen molar-refractivity contribution < 1.29 is 14.0 Å². The van der Waals surface area contributed by atoms with E-state index in [-0.39, 0.29) is 23.1 Å². The fraction of sp³-hybridized carbons (Fsp3) is 0.385. The van der Waals surface area contributed by atoms with E-state index in [0.29, 0.717) is 13.0 Å². The molecule has 6 heteroatoms. The molecule has 1 unspecified atom stereocenters. The summed E-state index contributed by atoms with van der Waals surface area (Å²) in [6.45, 7) is 0.508. The van der Waals surface area contributed by atoms with Gasteiger partial charge in [0.25, 0.3) is 5.91 Å². The van der Waals surface area contributed by atoms with Gasteiger partial charge < -0.3 is 16.0 Å². The van der Waals surface area contributed by atoms with Crippen molar-refractivity contribution in [1.29, 1.82) is 0 Å². The van der Waals surface area contributed by atoms with Gasteiger partial charge in [0.1, 0.15) is 11.9 Å². The van der Waals surface area contributed by atoms with Crippen LogP contribution in [0.5, 0.6) is 0 Å². The molecule has 0 spiro atoms. The van der Waals surface area contributed by atoms with Crippen molar-refractivity contribution in [3.05, 3.63) is 29.6 Å².